The highest BCUT2D eigenvalue weighted by atomic mass is 16.3. The smallest absolute Gasteiger partial charge is 0.266 e. The summed E-state index contributed by atoms with van der Waals surface area (Å²) in [5, 5.41) is 16.4. The number of likely N-dealkylation sites (tertiary alicyclic amines) is 1. The summed E-state index contributed by atoms with van der Waals surface area (Å²) >= 11 is 0. The Morgan fingerprint density at radius 3 is 2.74 bits per heavy atom. The van der Waals surface area contributed by atoms with E-state index in [1.54, 1.807) is 6.07 Å². The number of aliphatic hydroxyl groups is 1. The summed E-state index contributed by atoms with van der Waals surface area (Å²) in [6.45, 7) is 4.50. The number of benzene rings is 1. The van der Waals surface area contributed by atoms with Crippen LogP contribution in [0.3, 0.4) is 0 Å². The topological polar surface area (TPSA) is 71.2 Å². The predicted molar refractivity (Wildman–Crippen MR) is 104 cm³/mol. The van der Waals surface area contributed by atoms with Crippen LogP contribution in [0.5, 0.6) is 0 Å². The second kappa shape index (κ2) is 7.21. The molecular weight excluding hydrogens is 340 g/mol. The predicted octanol–water partition coefficient (Wildman–Crippen LogP) is 2.13. The SMILES string of the molecule is Cc1ccc(=O)n(CC2(O)CCN(Cc3cccc4ncccc34)CC2)n1. The van der Waals surface area contributed by atoms with Gasteiger partial charge in [0.15, 0.2) is 0 Å². The summed E-state index contributed by atoms with van der Waals surface area (Å²) < 4.78 is 1.39. The van der Waals surface area contributed by atoms with E-state index in [1.807, 2.05) is 31.3 Å². The Kier molecular flexibility index (Phi) is 4.76. The highest BCUT2D eigenvalue weighted by Gasteiger charge is 2.33. The van der Waals surface area contributed by atoms with E-state index >= 15 is 0 Å². The van der Waals surface area contributed by atoms with E-state index in [-0.39, 0.29) is 12.1 Å². The lowest BCUT2D eigenvalue weighted by Gasteiger charge is -2.38. The third-order valence-electron chi connectivity index (χ3n) is 5.36. The second-order valence-corrected chi connectivity index (χ2v) is 7.46. The zero-order chi connectivity index (χ0) is 18.9. The van der Waals surface area contributed by atoms with Crippen LogP contribution < -0.4 is 5.56 Å². The van der Waals surface area contributed by atoms with Crippen molar-refractivity contribution in [3.05, 3.63) is 70.3 Å². The largest absolute Gasteiger partial charge is 0.388 e. The maximum Gasteiger partial charge on any atom is 0.266 e. The Morgan fingerprint density at radius 1 is 1.11 bits per heavy atom. The Bertz CT molecular complexity index is 1000. The molecule has 1 fully saturated rings. The monoisotopic (exact) mass is 364 g/mol. The van der Waals surface area contributed by atoms with Crippen molar-refractivity contribution in [3.63, 3.8) is 0 Å². The highest BCUT2D eigenvalue weighted by molar-refractivity contribution is 5.81. The van der Waals surface area contributed by atoms with E-state index in [2.05, 4.69) is 27.1 Å². The van der Waals surface area contributed by atoms with Gasteiger partial charge in [0.05, 0.1) is 23.4 Å². The van der Waals surface area contributed by atoms with Crippen molar-refractivity contribution in [1.29, 1.82) is 0 Å². The van der Waals surface area contributed by atoms with E-state index in [9.17, 15) is 9.90 Å². The minimum absolute atomic E-state index is 0.167. The molecule has 2 aromatic heterocycles. The van der Waals surface area contributed by atoms with E-state index in [0.717, 1.165) is 30.8 Å². The van der Waals surface area contributed by atoms with Gasteiger partial charge in [-0.15, -0.1) is 0 Å². The first-order valence-corrected chi connectivity index (χ1v) is 9.35. The summed E-state index contributed by atoms with van der Waals surface area (Å²) in [7, 11) is 0. The van der Waals surface area contributed by atoms with E-state index in [1.165, 1.54) is 21.7 Å². The van der Waals surface area contributed by atoms with Crippen LogP contribution in [-0.4, -0.2) is 43.5 Å². The minimum Gasteiger partial charge on any atom is -0.388 e. The molecule has 0 bridgehead atoms. The molecule has 1 N–H and O–H groups in total. The molecule has 1 saturated heterocycles. The van der Waals surface area contributed by atoms with Crippen molar-refractivity contribution < 1.29 is 5.11 Å². The molecule has 27 heavy (non-hydrogen) atoms. The summed E-state index contributed by atoms with van der Waals surface area (Å²) in [4.78, 5) is 18.8. The number of nitrogens with zero attached hydrogens (tertiary/aromatic N) is 4. The summed E-state index contributed by atoms with van der Waals surface area (Å²) in [6, 6.07) is 13.5. The third kappa shape index (κ3) is 3.91. The Labute approximate surface area is 158 Å². The van der Waals surface area contributed by atoms with Crippen LogP contribution in [0.2, 0.25) is 0 Å². The maximum atomic E-state index is 12.0. The molecule has 1 aromatic carbocycles. The average Bonchev–Trinajstić information content (AvgIpc) is 2.67. The Balaban J connectivity index is 1.44. The summed E-state index contributed by atoms with van der Waals surface area (Å²) in [5.74, 6) is 0. The van der Waals surface area contributed by atoms with Crippen LogP contribution in [0.1, 0.15) is 24.1 Å². The van der Waals surface area contributed by atoms with Gasteiger partial charge in [-0.05, 0) is 43.5 Å². The van der Waals surface area contributed by atoms with Gasteiger partial charge in [-0.25, -0.2) is 4.68 Å². The molecule has 6 heteroatoms. The standard InChI is InChI=1S/C21H24N4O2/c1-16-7-8-20(26)25(23-16)15-21(27)9-12-24(13-10-21)14-17-4-2-6-19-18(17)5-3-11-22-19/h2-8,11,27H,9-10,12-15H2,1H3. The first kappa shape index (κ1) is 17.8. The van der Waals surface area contributed by atoms with Crippen LogP contribution >= 0.6 is 0 Å². The zero-order valence-corrected chi connectivity index (χ0v) is 15.5. The van der Waals surface area contributed by atoms with E-state index < -0.39 is 5.60 Å². The average molecular weight is 364 g/mol. The van der Waals surface area contributed by atoms with Gasteiger partial charge in [0.1, 0.15) is 0 Å². The molecule has 0 radical (unpaired) electrons. The molecule has 140 valence electrons. The van der Waals surface area contributed by atoms with Gasteiger partial charge in [0.25, 0.3) is 5.56 Å². The van der Waals surface area contributed by atoms with Crippen molar-refractivity contribution >= 4 is 10.9 Å². The van der Waals surface area contributed by atoms with E-state index in [0.29, 0.717) is 12.8 Å². The molecule has 1 aliphatic heterocycles. The van der Waals surface area contributed by atoms with Crippen molar-refractivity contribution in [2.45, 2.75) is 38.5 Å². The fourth-order valence-corrected chi connectivity index (χ4v) is 3.77. The van der Waals surface area contributed by atoms with E-state index in [4.69, 9.17) is 0 Å². The molecule has 0 amide bonds. The Morgan fingerprint density at radius 2 is 1.93 bits per heavy atom. The van der Waals surface area contributed by atoms with Crippen molar-refractivity contribution in [2.24, 2.45) is 0 Å². The number of hydrogen-bond donors (Lipinski definition) is 1. The van der Waals surface area contributed by atoms with Gasteiger partial charge in [-0.3, -0.25) is 14.7 Å². The molecule has 0 unspecified atom stereocenters. The molecule has 0 atom stereocenters. The molecule has 4 rings (SSSR count). The number of hydrogen-bond acceptors (Lipinski definition) is 5. The lowest BCUT2D eigenvalue weighted by molar-refractivity contribution is -0.0390. The van der Waals surface area contributed by atoms with Gasteiger partial charge in [0.2, 0.25) is 0 Å². The molecule has 3 aromatic rings. The van der Waals surface area contributed by atoms with Gasteiger partial charge < -0.3 is 5.11 Å². The molecular formula is C21H24N4O2. The number of pyridine rings is 1. The van der Waals surface area contributed by atoms with Crippen LogP contribution in [0, 0.1) is 6.92 Å². The lowest BCUT2D eigenvalue weighted by Crippen LogP contribution is -2.48. The summed E-state index contributed by atoms with van der Waals surface area (Å²) in [6.07, 6.45) is 3.06. The molecule has 0 spiro atoms. The fraction of sp³-hybridized carbons (Fsp3) is 0.381. The van der Waals surface area contributed by atoms with Crippen LogP contribution in [0.25, 0.3) is 10.9 Å². The number of rotatable bonds is 4. The molecule has 0 aliphatic carbocycles. The minimum atomic E-state index is -0.887. The Hall–Kier alpha value is -2.57. The quantitative estimate of drug-likeness (QED) is 0.768. The second-order valence-electron chi connectivity index (χ2n) is 7.46. The van der Waals surface area contributed by atoms with Gasteiger partial charge in [0, 0.05) is 37.3 Å². The van der Waals surface area contributed by atoms with Crippen LogP contribution in [0.4, 0.5) is 0 Å². The maximum absolute atomic E-state index is 12.0. The molecule has 3 heterocycles. The normalized spacial score (nSPS) is 17.3. The van der Waals surface area contributed by atoms with Crippen LogP contribution in [-0.2, 0) is 13.1 Å². The van der Waals surface area contributed by atoms with Gasteiger partial charge in [-0.1, -0.05) is 18.2 Å². The van der Waals surface area contributed by atoms with Gasteiger partial charge >= 0.3 is 0 Å². The highest BCUT2D eigenvalue weighted by Crippen LogP contribution is 2.26. The summed E-state index contributed by atoms with van der Waals surface area (Å²) in [5.41, 5.74) is 1.98. The number of aromatic nitrogens is 3. The fourth-order valence-electron chi connectivity index (χ4n) is 3.77. The van der Waals surface area contributed by atoms with Crippen molar-refractivity contribution in [2.75, 3.05) is 13.1 Å². The zero-order valence-electron chi connectivity index (χ0n) is 15.5. The molecule has 0 saturated carbocycles. The number of piperidine rings is 1. The lowest BCUT2D eigenvalue weighted by atomic mass is 9.91. The van der Waals surface area contributed by atoms with Crippen molar-refractivity contribution in [3.8, 4) is 0 Å². The van der Waals surface area contributed by atoms with Crippen molar-refractivity contribution in [1.82, 2.24) is 19.7 Å². The molecule has 6 nitrogen and oxygen atoms in total. The number of fused-ring (bicyclic) bond motifs is 1. The first-order valence-electron chi connectivity index (χ1n) is 9.35. The number of aryl methyl sites for hydroxylation is 1. The van der Waals surface area contributed by atoms with Crippen LogP contribution in [0.15, 0.2) is 53.5 Å². The molecule has 1 aliphatic rings. The third-order valence-corrected chi connectivity index (χ3v) is 5.36. The first-order chi connectivity index (χ1) is 13.0. The van der Waals surface area contributed by atoms with Gasteiger partial charge in [-0.2, -0.15) is 5.10 Å².